The molecule has 1 N–H and O–H groups in total. The molecule has 1 saturated carbocycles. The molecule has 5 heteroatoms. The lowest BCUT2D eigenvalue weighted by Crippen LogP contribution is -2.42. The molecule has 1 aromatic carbocycles. The van der Waals surface area contributed by atoms with Crippen molar-refractivity contribution in [1.82, 2.24) is 5.32 Å². The molecule has 0 aromatic heterocycles. The van der Waals surface area contributed by atoms with E-state index in [1.165, 1.54) is 12.1 Å². The molecule has 0 spiro atoms. The molecule has 1 aromatic rings. The summed E-state index contributed by atoms with van der Waals surface area (Å²) >= 11 is 9.21. The maximum absolute atomic E-state index is 13.2. The minimum atomic E-state index is -0.411. The fourth-order valence-corrected chi connectivity index (χ4v) is 3.30. The third kappa shape index (κ3) is 3.69. The molecule has 104 valence electrons. The van der Waals surface area contributed by atoms with Gasteiger partial charge in [-0.15, -0.1) is 11.6 Å². The van der Waals surface area contributed by atoms with Gasteiger partial charge < -0.3 is 5.32 Å². The van der Waals surface area contributed by atoms with Crippen LogP contribution in [0.3, 0.4) is 0 Å². The van der Waals surface area contributed by atoms with Gasteiger partial charge in [0.25, 0.3) is 5.91 Å². The van der Waals surface area contributed by atoms with E-state index in [0.29, 0.717) is 21.8 Å². The first-order valence-corrected chi connectivity index (χ1v) is 7.76. The number of carbonyl (C=O) groups is 1. The van der Waals surface area contributed by atoms with Crippen molar-refractivity contribution in [2.24, 2.45) is 5.92 Å². The van der Waals surface area contributed by atoms with Gasteiger partial charge in [0, 0.05) is 16.4 Å². The van der Waals surface area contributed by atoms with Gasteiger partial charge in [-0.05, 0) is 52.9 Å². The van der Waals surface area contributed by atoms with Crippen LogP contribution in [0.15, 0.2) is 22.7 Å². The summed E-state index contributed by atoms with van der Waals surface area (Å²) in [6.07, 6.45) is 4.24. The standard InChI is InChI=1S/C14H16BrClFNO/c15-12-6-5-10(17)7-11(12)14(19)18-13-4-2-1-3-9(13)8-16/h5-7,9,13H,1-4,8H2,(H,18,19). The van der Waals surface area contributed by atoms with Gasteiger partial charge >= 0.3 is 0 Å². The molecule has 19 heavy (non-hydrogen) atoms. The molecule has 2 rings (SSSR count). The predicted octanol–water partition coefficient (Wildman–Crippen LogP) is 4.12. The summed E-state index contributed by atoms with van der Waals surface area (Å²) in [6.45, 7) is 0. The Hall–Kier alpha value is -0.610. The first-order valence-electron chi connectivity index (χ1n) is 6.43. The van der Waals surface area contributed by atoms with Gasteiger partial charge in [-0.1, -0.05) is 12.8 Å². The highest BCUT2D eigenvalue weighted by atomic mass is 79.9. The van der Waals surface area contributed by atoms with Crippen LogP contribution in [0, 0.1) is 11.7 Å². The fourth-order valence-electron chi connectivity index (χ4n) is 2.50. The molecule has 2 atom stereocenters. The monoisotopic (exact) mass is 347 g/mol. The Bertz CT molecular complexity index is 469. The van der Waals surface area contributed by atoms with Gasteiger partial charge in [0.2, 0.25) is 0 Å². The van der Waals surface area contributed by atoms with Crippen molar-refractivity contribution in [2.75, 3.05) is 5.88 Å². The van der Waals surface area contributed by atoms with E-state index in [1.807, 2.05) is 0 Å². The lowest BCUT2D eigenvalue weighted by Gasteiger charge is -2.30. The Labute approximate surface area is 125 Å². The summed E-state index contributed by atoms with van der Waals surface area (Å²) in [5.41, 5.74) is 0.332. The normalized spacial score (nSPS) is 23.1. The number of rotatable bonds is 3. The number of hydrogen-bond acceptors (Lipinski definition) is 1. The summed E-state index contributed by atoms with van der Waals surface area (Å²) in [6, 6.07) is 4.21. The lowest BCUT2D eigenvalue weighted by atomic mass is 9.85. The second-order valence-electron chi connectivity index (χ2n) is 4.90. The molecule has 1 fully saturated rings. The zero-order chi connectivity index (χ0) is 13.8. The Morgan fingerprint density at radius 2 is 2.16 bits per heavy atom. The summed E-state index contributed by atoms with van der Waals surface area (Å²) < 4.78 is 13.8. The quantitative estimate of drug-likeness (QED) is 0.818. The predicted molar refractivity (Wildman–Crippen MR) is 78.0 cm³/mol. The largest absolute Gasteiger partial charge is 0.349 e. The van der Waals surface area contributed by atoms with Gasteiger partial charge in [0.1, 0.15) is 5.82 Å². The van der Waals surface area contributed by atoms with Crippen molar-refractivity contribution in [2.45, 2.75) is 31.7 Å². The van der Waals surface area contributed by atoms with Crippen LogP contribution in [0.25, 0.3) is 0 Å². The highest BCUT2D eigenvalue weighted by molar-refractivity contribution is 9.10. The van der Waals surface area contributed by atoms with Gasteiger partial charge in [-0.3, -0.25) is 4.79 Å². The van der Waals surface area contributed by atoms with Crippen LogP contribution in [0.5, 0.6) is 0 Å². The van der Waals surface area contributed by atoms with Crippen LogP contribution in [0.4, 0.5) is 4.39 Å². The number of alkyl halides is 1. The molecule has 1 aliphatic carbocycles. The molecule has 0 heterocycles. The van der Waals surface area contributed by atoms with Crippen LogP contribution in [-0.2, 0) is 0 Å². The maximum Gasteiger partial charge on any atom is 0.252 e. The first-order chi connectivity index (χ1) is 9.11. The van der Waals surface area contributed by atoms with E-state index < -0.39 is 5.82 Å². The number of nitrogens with one attached hydrogen (secondary N) is 1. The molecule has 2 nitrogen and oxygen atoms in total. The van der Waals surface area contributed by atoms with Crippen LogP contribution in [-0.4, -0.2) is 17.8 Å². The van der Waals surface area contributed by atoms with E-state index in [1.54, 1.807) is 6.07 Å². The van der Waals surface area contributed by atoms with Crippen molar-refractivity contribution in [1.29, 1.82) is 0 Å². The van der Waals surface area contributed by atoms with Crippen molar-refractivity contribution in [3.63, 3.8) is 0 Å². The van der Waals surface area contributed by atoms with Crippen molar-refractivity contribution < 1.29 is 9.18 Å². The van der Waals surface area contributed by atoms with Gasteiger partial charge in [0.05, 0.1) is 5.56 Å². The third-order valence-electron chi connectivity index (χ3n) is 3.60. The number of carbonyl (C=O) groups excluding carboxylic acids is 1. The second kappa shape index (κ2) is 6.71. The van der Waals surface area contributed by atoms with Crippen LogP contribution < -0.4 is 5.32 Å². The van der Waals surface area contributed by atoms with Crippen LogP contribution >= 0.6 is 27.5 Å². The molecule has 0 saturated heterocycles. The van der Waals surface area contributed by atoms with Crippen molar-refractivity contribution in [3.05, 3.63) is 34.1 Å². The highest BCUT2D eigenvalue weighted by Crippen LogP contribution is 2.26. The minimum absolute atomic E-state index is 0.0916. The van der Waals surface area contributed by atoms with Crippen molar-refractivity contribution in [3.8, 4) is 0 Å². The summed E-state index contributed by atoms with van der Waals surface area (Å²) in [7, 11) is 0. The van der Waals surface area contributed by atoms with Crippen molar-refractivity contribution >= 4 is 33.4 Å². The van der Waals surface area contributed by atoms with E-state index in [9.17, 15) is 9.18 Å². The molecule has 1 amide bonds. The maximum atomic E-state index is 13.2. The second-order valence-corrected chi connectivity index (χ2v) is 6.07. The molecule has 0 aliphatic heterocycles. The van der Waals surface area contributed by atoms with Crippen LogP contribution in [0.1, 0.15) is 36.0 Å². The highest BCUT2D eigenvalue weighted by Gasteiger charge is 2.26. The Morgan fingerprint density at radius 3 is 2.89 bits per heavy atom. The zero-order valence-electron chi connectivity index (χ0n) is 10.5. The summed E-state index contributed by atoms with van der Waals surface area (Å²) in [5, 5.41) is 2.98. The Kier molecular flexibility index (Phi) is 5.22. The smallest absolute Gasteiger partial charge is 0.252 e. The fraction of sp³-hybridized carbons (Fsp3) is 0.500. The zero-order valence-corrected chi connectivity index (χ0v) is 12.8. The Balaban J connectivity index is 2.09. The first kappa shape index (κ1) is 14.8. The van der Waals surface area contributed by atoms with Gasteiger partial charge in [-0.2, -0.15) is 0 Å². The average molecular weight is 349 g/mol. The summed E-state index contributed by atoms with van der Waals surface area (Å²) in [5.74, 6) is 0.209. The molecular formula is C14H16BrClFNO. The number of halogens is 3. The molecular weight excluding hydrogens is 333 g/mol. The molecule has 0 bridgehead atoms. The van der Waals surface area contributed by atoms with E-state index >= 15 is 0 Å². The molecule has 2 unspecified atom stereocenters. The van der Waals surface area contributed by atoms with E-state index in [2.05, 4.69) is 21.2 Å². The van der Waals surface area contributed by atoms with E-state index in [-0.39, 0.29) is 11.9 Å². The average Bonchev–Trinajstić information content (AvgIpc) is 2.42. The number of benzene rings is 1. The van der Waals surface area contributed by atoms with Crippen LogP contribution in [0.2, 0.25) is 0 Å². The number of amides is 1. The SMILES string of the molecule is O=C(NC1CCCCC1CCl)c1cc(F)ccc1Br. The Morgan fingerprint density at radius 1 is 1.42 bits per heavy atom. The van der Waals surface area contributed by atoms with E-state index in [0.717, 1.165) is 25.7 Å². The third-order valence-corrected chi connectivity index (χ3v) is 4.68. The minimum Gasteiger partial charge on any atom is -0.349 e. The summed E-state index contributed by atoms with van der Waals surface area (Å²) in [4.78, 5) is 12.2. The van der Waals surface area contributed by atoms with Gasteiger partial charge in [0.15, 0.2) is 0 Å². The molecule has 1 aliphatic rings. The lowest BCUT2D eigenvalue weighted by molar-refractivity contribution is 0.0910. The molecule has 0 radical (unpaired) electrons. The topological polar surface area (TPSA) is 29.1 Å². The van der Waals surface area contributed by atoms with Gasteiger partial charge in [-0.25, -0.2) is 4.39 Å². The van der Waals surface area contributed by atoms with E-state index in [4.69, 9.17) is 11.6 Å². The number of hydrogen-bond donors (Lipinski definition) is 1.